The van der Waals surface area contributed by atoms with Crippen molar-refractivity contribution in [3.8, 4) is 22.1 Å². The lowest BCUT2D eigenvalue weighted by molar-refractivity contribution is -0.115. The van der Waals surface area contributed by atoms with Gasteiger partial charge in [-0.25, -0.2) is 4.98 Å². The first-order valence-electron chi connectivity index (χ1n) is 8.61. The van der Waals surface area contributed by atoms with Crippen molar-refractivity contribution in [2.24, 2.45) is 0 Å². The molecule has 0 radical (unpaired) electrons. The lowest BCUT2D eigenvalue weighted by Gasteiger charge is -2.06. The number of carbonyl (C=O) groups is 1. The number of anilines is 1. The van der Waals surface area contributed by atoms with Crippen LogP contribution in [0.3, 0.4) is 0 Å². The van der Waals surface area contributed by atoms with Crippen LogP contribution in [0.5, 0.6) is 5.75 Å². The number of thiophene rings is 1. The molecule has 1 amide bonds. The number of thiazole rings is 1. The second-order valence-corrected chi connectivity index (χ2v) is 8.00. The fraction of sp³-hybridized carbons (Fsp3) is 0.150. The fourth-order valence-electron chi connectivity index (χ4n) is 2.77. The minimum absolute atomic E-state index is 0.0758. The number of hydrogen-bond acceptors (Lipinski definition) is 6. The van der Waals surface area contributed by atoms with Gasteiger partial charge in [0.15, 0.2) is 0 Å². The smallest absolute Gasteiger partial charge is 0.230 e. The topological polar surface area (TPSA) is 69.0 Å². The molecular weight excluding hydrogens is 392 g/mol. The Morgan fingerprint density at radius 2 is 2.11 bits per heavy atom. The van der Waals surface area contributed by atoms with E-state index < -0.39 is 0 Å². The molecule has 0 saturated carbocycles. The average Bonchev–Trinajstić information content (AvgIpc) is 3.43. The summed E-state index contributed by atoms with van der Waals surface area (Å²) in [5, 5.41) is 12.1. The molecule has 1 aromatic carbocycles. The molecule has 142 valence electrons. The highest BCUT2D eigenvalue weighted by Crippen LogP contribution is 2.28. The van der Waals surface area contributed by atoms with Crippen molar-refractivity contribution in [3.05, 3.63) is 63.8 Å². The van der Waals surface area contributed by atoms with Gasteiger partial charge in [0.1, 0.15) is 11.6 Å². The van der Waals surface area contributed by atoms with E-state index in [9.17, 15) is 4.79 Å². The Kier molecular flexibility index (Phi) is 5.23. The third-order valence-corrected chi connectivity index (χ3v) is 5.75. The van der Waals surface area contributed by atoms with Gasteiger partial charge in [0, 0.05) is 21.9 Å². The van der Waals surface area contributed by atoms with Crippen molar-refractivity contribution in [1.82, 2.24) is 14.8 Å². The largest absolute Gasteiger partial charge is 0.497 e. The van der Waals surface area contributed by atoms with Gasteiger partial charge in [0.25, 0.3) is 0 Å². The third kappa shape index (κ3) is 3.97. The van der Waals surface area contributed by atoms with Gasteiger partial charge < -0.3 is 10.1 Å². The molecule has 28 heavy (non-hydrogen) atoms. The first-order chi connectivity index (χ1) is 13.6. The number of rotatable bonds is 6. The van der Waals surface area contributed by atoms with Crippen LogP contribution in [-0.2, 0) is 11.2 Å². The SMILES string of the molecule is COc1cccc(-c2csc(-n3nc(C)cc3NC(=O)Cc3cccs3)n2)c1. The Balaban J connectivity index is 1.58. The van der Waals surface area contributed by atoms with Crippen LogP contribution in [0.2, 0.25) is 0 Å². The zero-order chi connectivity index (χ0) is 19.5. The summed E-state index contributed by atoms with van der Waals surface area (Å²) in [6, 6.07) is 13.5. The number of carbonyl (C=O) groups excluding carboxylic acids is 1. The Labute approximate surface area is 170 Å². The fourth-order valence-corrected chi connectivity index (χ4v) is 4.27. The number of benzene rings is 1. The van der Waals surface area contributed by atoms with Crippen molar-refractivity contribution in [1.29, 1.82) is 0 Å². The summed E-state index contributed by atoms with van der Waals surface area (Å²) in [6.07, 6.45) is 0.342. The molecule has 4 aromatic rings. The second kappa shape index (κ2) is 7.95. The van der Waals surface area contributed by atoms with Gasteiger partial charge in [0.05, 0.1) is 24.9 Å². The normalized spacial score (nSPS) is 10.8. The van der Waals surface area contributed by atoms with Crippen molar-refractivity contribution in [2.75, 3.05) is 12.4 Å². The van der Waals surface area contributed by atoms with Crippen molar-refractivity contribution in [2.45, 2.75) is 13.3 Å². The molecule has 3 aromatic heterocycles. The van der Waals surface area contributed by atoms with E-state index in [2.05, 4.69) is 10.4 Å². The van der Waals surface area contributed by atoms with E-state index in [0.717, 1.165) is 27.6 Å². The number of nitrogens with one attached hydrogen (secondary N) is 1. The standard InChI is InChI=1S/C20H18N4O2S2/c1-13-9-18(22-19(25)11-16-7-4-8-27-16)24(23-13)20-21-17(12-28-20)14-5-3-6-15(10-14)26-2/h3-10,12H,11H2,1-2H3,(H,22,25). The molecule has 0 aliphatic rings. The predicted molar refractivity (Wildman–Crippen MR) is 113 cm³/mol. The Morgan fingerprint density at radius 1 is 1.21 bits per heavy atom. The molecule has 0 aliphatic carbocycles. The lowest BCUT2D eigenvalue weighted by Crippen LogP contribution is -2.16. The lowest BCUT2D eigenvalue weighted by atomic mass is 10.2. The van der Waals surface area contributed by atoms with E-state index in [-0.39, 0.29) is 5.91 Å². The first kappa shape index (κ1) is 18.4. The van der Waals surface area contributed by atoms with Crippen LogP contribution >= 0.6 is 22.7 Å². The van der Waals surface area contributed by atoms with Gasteiger partial charge in [-0.1, -0.05) is 18.2 Å². The van der Waals surface area contributed by atoms with Crippen LogP contribution in [0, 0.1) is 6.92 Å². The van der Waals surface area contributed by atoms with Gasteiger partial charge in [-0.15, -0.1) is 22.7 Å². The maximum Gasteiger partial charge on any atom is 0.230 e. The van der Waals surface area contributed by atoms with E-state index >= 15 is 0 Å². The zero-order valence-electron chi connectivity index (χ0n) is 15.4. The Morgan fingerprint density at radius 3 is 2.89 bits per heavy atom. The number of methoxy groups -OCH3 is 1. The quantitative estimate of drug-likeness (QED) is 0.506. The number of ether oxygens (including phenoxy) is 1. The highest BCUT2D eigenvalue weighted by molar-refractivity contribution is 7.12. The van der Waals surface area contributed by atoms with Crippen LogP contribution in [0.1, 0.15) is 10.6 Å². The Hall–Kier alpha value is -2.97. The minimum Gasteiger partial charge on any atom is -0.497 e. The van der Waals surface area contributed by atoms with Crippen LogP contribution in [0.4, 0.5) is 5.82 Å². The number of hydrogen-bond donors (Lipinski definition) is 1. The number of nitrogens with zero attached hydrogens (tertiary/aromatic N) is 3. The highest BCUT2D eigenvalue weighted by atomic mass is 32.1. The molecule has 0 saturated heterocycles. The third-order valence-electron chi connectivity index (χ3n) is 4.05. The average molecular weight is 411 g/mol. The number of aryl methyl sites for hydroxylation is 1. The predicted octanol–water partition coefficient (Wildman–Crippen LogP) is 4.56. The molecular formula is C20H18N4O2S2. The molecule has 4 rings (SSSR count). The van der Waals surface area contributed by atoms with E-state index in [4.69, 9.17) is 9.72 Å². The summed E-state index contributed by atoms with van der Waals surface area (Å²) < 4.78 is 6.96. The second-order valence-electron chi connectivity index (χ2n) is 6.13. The minimum atomic E-state index is -0.0758. The molecule has 0 fully saturated rings. The molecule has 6 nitrogen and oxygen atoms in total. The van der Waals surface area contributed by atoms with Crippen LogP contribution in [0.15, 0.2) is 53.2 Å². The van der Waals surface area contributed by atoms with Gasteiger partial charge in [0.2, 0.25) is 11.0 Å². The van der Waals surface area contributed by atoms with Gasteiger partial charge in [-0.2, -0.15) is 9.78 Å². The Bertz CT molecular complexity index is 1100. The van der Waals surface area contributed by atoms with Crippen molar-refractivity contribution >= 4 is 34.4 Å². The van der Waals surface area contributed by atoms with Gasteiger partial charge in [-0.3, -0.25) is 4.79 Å². The summed E-state index contributed by atoms with van der Waals surface area (Å²) in [5.41, 5.74) is 2.61. The van der Waals surface area contributed by atoms with E-state index in [0.29, 0.717) is 17.4 Å². The summed E-state index contributed by atoms with van der Waals surface area (Å²) >= 11 is 3.04. The molecule has 0 bridgehead atoms. The van der Waals surface area contributed by atoms with E-state index in [1.165, 1.54) is 11.3 Å². The molecule has 0 spiro atoms. The molecule has 0 aliphatic heterocycles. The maximum absolute atomic E-state index is 12.4. The molecule has 0 unspecified atom stereocenters. The first-order valence-corrected chi connectivity index (χ1v) is 10.4. The van der Waals surface area contributed by atoms with Gasteiger partial charge in [-0.05, 0) is 30.5 Å². The van der Waals surface area contributed by atoms with Crippen LogP contribution < -0.4 is 10.1 Å². The zero-order valence-corrected chi connectivity index (χ0v) is 17.0. The van der Waals surface area contributed by atoms with E-state index in [1.807, 2.05) is 60.1 Å². The van der Waals surface area contributed by atoms with Crippen LogP contribution in [0.25, 0.3) is 16.4 Å². The molecule has 0 atom stereocenters. The number of aromatic nitrogens is 3. The van der Waals surface area contributed by atoms with E-state index in [1.54, 1.807) is 23.1 Å². The molecule has 8 heteroatoms. The molecule has 1 N–H and O–H groups in total. The monoisotopic (exact) mass is 410 g/mol. The summed E-state index contributed by atoms with van der Waals surface area (Å²) in [7, 11) is 1.64. The summed E-state index contributed by atoms with van der Waals surface area (Å²) in [4.78, 5) is 18.1. The highest BCUT2D eigenvalue weighted by Gasteiger charge is 2.15. The van der Waals surface area contributed by atoms with Crippen molar-refractivity contribution < 1.29 is 9.53 Å². The maximum atomic E-state index is 12.4. The van der Waals surface area contributed by atoms with Crippen molar-refractivity contribution in [3.63, 3.8) is 0 Å². The van der Waals surface area contributed by atoms with Gasteiger partial charge >= 0.3 is 0 Å². The molecule has 3 heterocycles. The summed E-state index contributed by atoms with van der Waals surface area (Å²) in [6.45, 7) is 1.89. The number of amides is 1. The summed E-state index contributed by atoms with van der Waals surface area (Å²) in [5.74, 6) is 1.32. The van der Waals surface area contributed by atoms with Crippen LogP contribution in [-0.4, -0.2) is 27.8 Å².